The van der Waals surface area contributed by atoms with Crippen molar-refractivity contribution in [2.45, 2.75) is 12.5 Å². The highest BCUT2D eigenvalue weighted by Gasteiger charge is 2.25. The zero-order valence-corrected chi connectivity index (χ0v) is 14.5. The van der Waals surface area contributed by atoms with Gasteiger partial charge in [0.25, 0.3) is 5.91 Å². The molecule has 1 atom stereocenters. The Labute approximate surface area is 144 Å². The van der Waals surface area contributed by atoms with Crippen LogP contribution in [0.3, 0.4) is 0 Å². The molecule has 1 saturated heterocycles. The molecule has 2 heterocycles. The number of carbonyl (C=O) groups excluding carboxylic acids is 1. The number of para-hydroxylation sites is 1. The Bertz CT molecular complexity index is 706. The van der Waals surface area contributed by atoms with Crippen LogP contribution in [0.25, 0.3) is 0 Å². The first-order valence-electron chi connectivity index (χ1n) is 7.62. The van der Waals surface area contributed by atoms with Gasteiger partial charge >= 0.3 is 0 Å². The summed E-state index contributed by atoms with van der Waals surface area (Å²) in [5.74, 6) is 0.520. The van der Waals surface area contributed by atoms with Gasteiger partial charge in [0.15, 0.2) is 0 Å². The van der Waals surface area contributed by atoms with Crippen molar-refractivity contribution in [2.24, 2.45) is 0 Å². The number of aromatic nitrogens is 1. The summed E-state index contributed by atoms with van der Waals surface area (Å²) in [6, 6.07) is 12.1. The van der Waals surface area contributed by atoms with E-state index in [2.05, 4.69) is 48.6 Å². The molecule has 0 spiro atoms. The summed E-state index contributed by atoms with van der Waals surface area (Å²) in [4.78, 5) is 18.6. The number of halogens is 1. The SMILES string of the molecule is CNC(=O)c1cccnc1NC1CCN(c2ccccc2Br)C1. The van der Waals surface area contributed by atoms with Crippen molar-refractivity contribution in [3.63, 3.8) is 0 Å². The molecule has 6 heteroatoms. The average molecular weight is 375 g/mol. The van der Waals surface area contributed by atoms with Crippen LogP contribution in [0.2, 0.25) is 0 Å². The first kappa shape index (κ1) is 15.8. The number of amides is 1. The highest BCUT2D eigenvalue weighted by molar-refractivity contribution is 9.10. The lowest BCUT2D eigenvalue weighted by molar-refractivity contribution is 0.0963. The molecule has 0 saturated carbocycles. The zero-order valence-electron chi connectivity index (χ0n) is 12.9. The van der Waals surface area contributed by atoms with E-state index in [1.807, 2.05) is 12.1 Å². The minimum atomic E-state index is -0.124. The molecule has 2 N–H and O–H groups in total. The molecule has 2 aromatic rings. The van der Waals surface area contributed by atoms with Crippen molar-refractivity contribution in [2.75, 3.05) is 30.4 Å². The number of hydrogen-bond acceptors (Lipinski definition) is 4. The highest BCUT2D eigenvalue weighted by Crippen LogP contribution is 2.29. The van der Waals surface area contributed by atoms with E-state index >= 15 is 0 Å². The summed E-state index contributed by atoms with van der Waals surface area (Å²) in [5, 5.41) is 6.07. The molecule has 1 fully saturated rings. The molecule has 0 radical (unpaired) electrons. The summed E-state index contributed by atoms with van der Waals surface area (Å²) >= 11 is 3.61. The largest absolute Gasteiger partial charge is 0.368 e. The van der Waals surface area contributed by atoms with Crippen molar-refractivity contribution < 1.29 is 4.79 Å². The van der Waals surface area contributed by atoms with Gasteiger partial charge in [-0.25, -0.2) is 4.98 Å². The van der Waals surface area contributed by atoms with Crippen molar-refractivity contribution in [3.8, 4) is 0 Å². The van der Waals surface area contributed by atoms with Gasteiger partial charge in [-0.1, -0.05) is 12.1 Å². The van der Waals surface area contributed by atoms with Gasteiger partial charge in [0.1, 0.15) is 5.82 Å². The summed E-state index contributed by atoms with van der Waals surface area (Å²) in [7, 11) is 1.63. The minimum Gasteiger partial charge on any atom is -0.368 e. The molecule has 1 aliphatic heterocycles. The van der Waals surface area contributed by atoms with Crippen LogP contribution >= 0.6 is 15.9 Å². The van der Waals surface area contributed by atoms with Gasteiger partial charge in [-0.3, -0.25) is 4.79 Å². The maximum absolute atomic E-state index is 11.9. The number of anilines is 2. The van der Waals surface area contributed by atoms with Gasteiger partial charge in [0.05, 0.1) is 11.3 Å². The van der Waals surface area contributed by atoms with E-state index in [0.717, 1.165) is 24.0 Å². The van der Waals surface area contributed by atoms with E-state index in [-0.39, 0.29) is 11.9 Å². The molecule has 5 nitrogen and oxygen atoms in total. The Morgan fingerprint density at radius 1 is 1.30 bits per heavy atom. The van der Waals surface area contributed by atoms with Crippen LogP contribution in [-0.2, 0) is 0 Å². The third kappa shape index (κ3) is 3.47. The third-order valence-electron chi connectivity index (χ3n) is 4.00. The number of hydrogen-bond donors (Lipinski definition) is 2. The van der Waals surface area contributed by atoms with Gasteiger partial charge in [0.2, 0.25) is 0 Å². The number of pyridine rings is 1. The second kappa shape index (κ2) is 7.00. The Balaban J connectivity index is 1.72. The number of carbonyl (C=O) groups is 1. The van der Waals surface area contributed by atoms with Crippen molar-refractivity contribution >= 4 is 33.3 Å². The van der Waals surface area contributed by atoms with Crippen molar-refractivity contribution in [1.29, 1.82) is 0 Å². The molecular weight excluding hydrogens is 356 g/mol. The predicted molar refractivity (Wildman–Crippen MR) is 96.0 cm³/mol. The van der Waals surface area contributed by atoms with Crippen LogP contribution in [0.5, 0.6) is 0 Å². The quantitative estimate of drug-likeness (QED) is 0.863. The van der Waals surface area contributed by atoms with Crippen LogP contribution in [0.1, 0.15) is 16.8 Å². The molecule has 120 valence electrons. The normalized spacial score (nSPS) is 17.1. The summed E-state index contributed by atoms with van der Waals surface area (Å²) < 4.78 is 1.10. The van der Waals surface area contributed by atoms with Gasteiger partial charge in [-0.05, 0) is 46.6 Å². The second-order valence-corrected chi connectivity index (χ2v) is 6.36. The van der Waals surface area contributed by atoms with Gasteiger partial charge in [-0.15, -0.1) is 0 Å². The van der Waals surface area contributed by atoms with Crippen LogP contribution in [0, 0.1) is 0 Å². The van der Waals surface area contributed by atoms with Gasteiger partial charge in [-0.2, -0.15) is 0 Å². The number of rotatable bonds is 4. The predicted octanol–water partition coefficient (Wildman–Crippen LogP) is 2.89. The Morgan fingerprint density at radius 2 is 2.13 bits per heavy atom. The molecule has 1 aliphatic rings. The Morgan fingerprint density at radius 3 is 2.91 bits per heavy atom. The third-order valence-corrected chi connectivity index (χ3v) is 4.67. The fourth-order valence-electron chi connectivity index (χ4n) is 2.84. The first-order valence-corrected chi connectivity index (χ1v) is 8.41. The van der Waals surface area contributed by atoms with E-state index in [1.54, 1.807) is 25.4 Å². The van der Waals surface area contributed by atoms with Crippen LogP contribution in [-0.4, -0.2) is 37.1 Å². The number of nitrogens with zero attached hydrogens (tertiary/aromatic N) is 2. The molecule has 1 unspecified atom stereocenters. The van der Waals surface area contributed by atoms with E-state index in [4.69, 9.17) is 0 Å². The Kier molecular flexibility index (Phi) is 4.81. The highest BCUT2D eigenvalue weighted by atomic mass is 79.9. The lowest BCUT2D eigenvalue weighted by Crippen LogP contribution is -2.28. The molecule has 0 bridgehead atoms. The first-order chi connectivity index (χ1) is 11.2. The topological polar surface area (TPSA) is 57.3 Å². The maximum Gasteiger partial charge on any atom is 0.254 e. The Hall–Kier alpha value is -2.08. The molecule has 23 heavy (non-hydrogen) atoms. The van der Waals surface area contributed by atoms with E-state index in [9.17, 15) is 4.79 Å². The van der Waals surface area contributed by atoms with Gasteiger partial charge < -0.3 is 15.5 Å². The minimum absolute atomic E-state index is 0.124. The van der Waals surface area contributed by atoms with Crippen molar-refractivity contribution in [1.82, 2.24) is 10.3 Å². The maximum atomic E-state index is 11.9. The van der Waals surface area contributed by atoms with Crippen molar-refractivity contribution in [3.05, 3.63) is 52.6 Å². The number of nitrogens with one attached hydrogen (secondary N) is 2. The zero-order chi connectivity index (χ0) is 16.2. The molecule has 3 rings (SSSR count). The molecular formula is C17H19BrN4O. The van der Waals surface area contributed by atoms with Gasteiger partial charge in [0, 0.05) is 36.8 Å². The molecule has 0 aliphatic carbocycles. The average Bonchev–Trinajstić information content (AvgIpc) is 3.03. The summed E-state index contributed by atoms with van der Waals surface area (Å²) in [5.41, 5.74) is 1.78. The fraction of sp³-hybridized carbons (Fsp3) is 0.294. The molecule has 1 aromatic heterocycles. The van der Waals surface area contributed by atoms with E-state index in [1.165, 1.54) is 5.69 Å². The lowest BCUT2D eigenvalue weighted by Gasteiger charge is -2.21. The smallest absolute Gasteiger partial charge is 0.254 e. The van der Waals surface area contributed by atoms with Crippen LogP contribution in [0.15, 0.2) is 47.1 Å². The standard InChI is InChI=1S/C17H19BrN4O/c1-19-17(23)13-5-4-9-20-16(13)21-12-8-10-22(11-12)15-7-3-2-6-14(15)18/h2-7,9,12H,8,10-11H2,1H3,(H,19,23)(H,20,21). The van der Waals surface area contributed by atoms with Crippen LogP contribution < -0.4 is 15.5 Å². The lowest BCUT2D eigenvalue weighted by atomic mass is 10.2. The molecule has 1 aromatic carbocycles. The summed E-state index contributed by atoms with van der Waals surface area (Å²) in [6.07, 6.45) is 2.71. The summed E-state index contributed by atoms with van der Waals surface area (Å²) in [6.45, 7) is 1.86. The van der Waals surface area contributed by atoms with E-state index < -0.39 is 0 Å². The number of benzene rings is 1. The fourth-order valence-corrected chi connectivity index (χ4v) is 3.37. The second-order valence-electron chi connectivity index (χ2n) is 5.51. The molecule has 1 amide bonds. The van der Waals surface area contributed by atoms with E-state index in [0.29, 0.717) is 11.4 Å². The monoisotopic (exact) mass is 374 g/mol. The van der Waals surface area contributed by atoms with Crippen LogP contribution in [0.4, 0.5) is 11.5 Å².